The molecule has 1 heterocycles. The van der Waals surface area contributed by atoms with Gasteiger partial charge in [-0.05, 0) is 53.9 Å². The van der Waals surface area contributed by atoms with Gasteiger partial charge in [0.15, 0.2) is 9.84 Å². The van der Waals surface area contributed by atoms with Gasteiger partial charge in [0.25, 0.3) is 0 Å². The highest BCUT2D eigenvalue weighted by Crippen LogP contribution is 2.28. The van der Waals surface area contributed by atoms with Crippen molar-refractivity contribution in [3.8, 4) is 5.75 Å². The third-order valence-electron chi connectivity index (χ3n) is 4.53. The second kappa shape index (κ2) is 9.23. The molecule has 0 aliphatic carbocycles. The lowest BCUT2D eigenvalue weighted by atomic mass is 9.94. The number of sulfone groups is 1. The van der Waals surface area contributed by atoms with Crippen molar-refractivity contribution in [2.75, 3.05) is 17.6 Å². The maximum absolute atomic E-state index is 12.7. The van der Waals surface area contributed by atoms with Gasteiger partial charge in [0.1, 0.15) is 11.8 Å². The molecule has 0 bridgehead atoms. The summed E-state index contributed by atoms with van der Waals surface area (Å²) >= 11 is 0. The van der Waals surface area contributed by atoms with Gasteiger partial charge in [-0.25, -0.2) is 8.42 Å². The van der Waals surface area contributed by atoms with Crippen LogP contribution in [0.5, 0.6) is 5.75 Å². The third kappa shape index (κ3) is 5.65. The minimum absolute atomic E-state index is 0. The first kappa shape index (κ1) is 24.0. The van der Waals surface area contributed by atoms with Crippen LogP contribution in [0, 0.1) is 0 Å². The molecule has 0 aromatic heterocycles. The zero-order valence-corrected chi connectivity index (χ0v) is 17.5. The summed E-state index contributed by atoms with van der Waals surface area (Å²) in [6.07, 6.45) is -4.21. The Morgan fingerprint density at radius 3 is 2.47 bits per heavy atom. The van der Waals surface area contributed by atoms with E-state index in [0.29, 0.717) is 24.2 Å². The van der Waals surface area contributed by atoms with Gasteiger partial charge >= 0.3 is 6.36 Å². The standard InChI is InChI=1S/C19H19F3N2O4S.ClH/c1-2-29(26,27)15-7-8-16-12(11-15)9-10-23-17(16)18(25)24-13-3-5-14(6-4-13)28-19(20,21)22;/h3-8,11,17,23H,2,9-10H2,1H3,(H,24,25);1H. The zero-order valence-electron chi connectivity index (χ0n) is 15.8. The first-order valence-corrected chi connectivity index (χ1v) is 10.5. The van der Waals surface area contributed by atoms with Crippen LogP contribution in [0.2, 0.25) is 0 Å². The Morgan fingerprint density at radius 2 is 1.87 bits per heavy atom. The number of rotatable bonds is 5. The number of nitrogens with one attached hydrogen (secondary N) is 2. The second-order valence-corrected chi connectivity index (χ2v) is 8.74. The molecule has 11 heteroatoms. The summed E-state index contributed by atoms with van der Waals surface area (Å²) in [5.74, 6) is -0.801. The molecule has 2 aromatic carbocycles. The van der Waals surface area contributed by atoms with E-state index in [2.05, 4.69) is 15.4 Å². The van der Waals surface area contributed by atoms with Crippen LogP contribution in [-0.2, 0) is 21.1 Å². The van der Waals surface area contributed by atoms with Crippen molar-refractivity contribution in [2.24, 2.45) is 0 Å². The number of fused-ring (bicyclic) bond motifs is 1. The first-order chi connectivity index (χ1) is 13.6. The number of benzene rings is 2. The third-order valence-corrected chi connectivity index (χ3v) is 6.26. The van der Waals surface area contributed by atoms with Gasteiger partial charge in [0.2, 0.25) is 5.91 Å². The van der Waals surface area contributed by atoms with Crippen LogP contribution in [0.4, 0.5) is 18.9 Å². The van der Waals surface area contributed by atoms with Crippen LogP contribution in [0.3, 0.4) is 0 Å². The lowest BCUT2D eigenvalue weighted by molar-refractivity contribution is -0.274. The quantitative estimate of drug-likeness (QED) is 0.706. The van der Waals surface area contributed by atoms with E-state index in [0.717, 1.165) is 17.7 Å². The summed E-state index contributed by atoms with van der Waals surface area (Å²) < 4.78 is 64.6. The number of carbonyl (C=O) groups is 1. The van der Waals surface area contributed by atoms with Crippen LogP contribution in [0.1, 0.15) is 24.1 Å². The molecule has 0 fully saturated rings. The Balaban J connectivity index is 0.00000320. The fourth-order valence-electron chi connectivity index (χ4n) is 3.09. The summed E-state index contributed by atoms with van der Waals surface area (Å²) in [4.78, 5) is 12.9. The SMILES string of the molecule is CCS(=O)(=O)c1ccc2c(c1)CCNC2C(=O)Nc1ccc(OC(F)(F)F)cc1.Cl. The van der Waals surface area contributed by atoms with Crippen molar-refractivity contribution < 1.29 is 31.1 Å². The van der Waals surface area contributed by atoms with E-state index < -0.39 is 28.1 Å². The molecule has 1 atom stereocenters. The minimum atomic E-state index is -4.79. The Labute approximate surface area is 178 Å². The number of ether oxygens (including phenoxy) is 1. The van der Waals surface area contributed by atoms with E-state index >= 15 is 0 Å². The van der Waals surface area contributed by atoms with Gasteiger partial charge in [-0.1, -0.05) is 13.0 Å². The molecule has 6 nitrogen and oxygen atoms in total. The van der Waals surface area contributed by atoms with Crippen LogP contribution >= 0.6 is 12.4 Å². The molecule has 0 saturated carbocycles. The molecule has 1 aliphatic rings. The van der Waals surface area contributed by atoms with Gasteiger partial charge in [-0.15, -0.1) is 25.6 Å². The van der Waals surface area contributed by atoms with E-state index in [1.54, 1.807) is 19.1 Å². The van der Waals surface area contributed by atoms with E-state index in [-0.39, 0.29) is 28.8 Å². The minimum Gasteiger partial charge on any atom is -0.406 e. The Morgan fingerprint density at radius 1 is 1.20 bits per heavy atom. The highest BCUT2D eigenvalue weighted by atomic mass is 35.5. The highest BCUT2D eigenvalue weighted by Gasteiger charge is 2.31. The van der Waals surface area contributed by atoms with E-state index in [1.807, 2.05) is 0 Å². The molecule has 1 aliphatic heterocycles. The van der Waals surface area contributed by atoms with Crippen LogP contribution in [0.15, 0.2) is 47.4 Å². The lowest BCUT2D eigenvalue weighted by Gasteiger charge is -2.26. The summed E-state index contributed by atoms with van der Waals surface area (Å²) in [6.45, 7) is 2.05. The van der Waals surface area contributed by atoms with Crippen molar-refractivity contribution in [1.82, 2.24) is 5.32 Å². The Bertz CT molecular complexity index is 1010. The van der Waals surface area contributed by atoms with Gasteiger partial charge in [-0.3, -0.25) is 4.79 Å². The molecule has 3 rings (SSSR count). The first-order valence-electron chi connectivity index (χ1n) is 8.85. The molecular formula is C19H20ClF3N2O4S. The summed E-state index contributed by atoms with van der Waals surface area (Å²) in [5.41, 5.74) is 1.75. The number of alkyl halides is 3. The van der Waals surface area contributed by atoms with Crippen molar-refractivity contribution in [2.45, 2.75) is 30.6 Å². The topological polar surface area (TPSA) is 84.5 Å². The Hall–Kier alpha value is -2.30. The van der Waals surface area contributed by atoms with Gasteiger partial charge in [-0.2, -0.15) is 0 Å². The zero-order chi connectivity index (χ0) is 21.2. The molecule has 30 heavy (non-hydrogen) atoms. The molecule has 0 saturated heterocycles. The number of hydrogen-bond acceptors (Lipinski definition) is 5. The number of halogens is 4. The maximum atomic E-state index is 12.7. The van der Waals surface area contributed by atoms with Crippen LogP contribution < -0.4 is 15.4 Å². The maximum Gasteiger partial charge on any atom is 0.573 e. The van der Waals surface area contributed by atoms with Crippen molar-refractivity contribution in [3.63, 3.8) is 0 Å². The number of amides is 1. The fourth-order valence-corrected chi connectivity index (χ4v) is 4.02. The summed E-state index contributed by atoms with van der Waals surface area (Å²) in [5, 5.41) is 5.72. The second-order valence-electron chi connectivity index (χ2n) is 6.46. The molecule has 2 aromatic rings. The van der Waals surface area contributed by atoms with Crippen molar-refractivity contribution in [1.29, 1.82) is 0 Å². The van der Waals surface area contributed by atoms with E-state index in [1.165, 1.54) is 18.2 Å². The van der Waals surface area contributed by atoms with Crippen LogP contribution in [-0.4, -0.2) is 33.0 Å². The van der Waals surface area contributed by atoms with Gasteiger partial charge < -0.3 is 15.4 Å². The summed E-state index contributed by atoms with van der Waals surface area (Å²) in [7, 11) is -3.35. The molecule has 164 valence electrons. The van der Waals surface area contributed by atoms with E-state index in [9.17, 15) is 26.4 Å². The normalized spacial score (nSPS) is 16.2. The average Bonchev–Trinajstić information content (AvgIpc) is 2.67. The monoisotopic (exact) mass is 464 g/mol. The highest BCUT2D eigenvalue weighted by molar-refractivity contribution is 7.91. The van der Waals surface area contributed by atoms with Gasteiger partial charge in [0, 0.05) is 12.2 Å². The van der Waals surface area contributed by atoms with Crippen LogP contribution in [0.25, 0.3) is 0 Å². The fraction of sp³-hybridized carbons (Fsp3) is 0.316. The lowest BCUT2D eigenvalue weighted by Crippen LogP contribution is -2.38. The molecular weight excluding hydrogens is 445 g/mol. The Kier molecular flexibility index (Phi) is 7.38. The predicted octanol–water partition coefficient (Wildman–Crippen LogP) is 3.63. The molecule has 0 spiro atoms. The molecule has 1 amide bonds. The molecule has 1 unspecified atom stereocenters. The largest absolute Gasteiger partial charge is 0.573 e. The summed E-state index contributed by atoms with van der Waals surface area (Å²) in [6, 6.07) is 8.81. The number of carbonyl (C=O) groups excluding carboxylic acids is 1. The smallest absolute Gasteiger partial charge is 0.406 e. The van der Waals surface area contributed by atoms with Gasteiger partial charge in [0.05, 0.1) is 10.6 Å². The number of anilines is 1. The van der Waals surface area contributed by atoms with Crippen molar-refractivity contribution in [3.05, 3.63) is 53.6 Å². The van der Waals surface area contributed by atoms with Crippen molar-refractivity contribution >= 4 is 33.8 Å². The predicted molar refractivity (Wildman–Crippen MR) is 108 cm³/mol. The average molecular weight is 465 g/mol. The number of hydrogen-bond donors (Lipinski definition) is 2. The van der Waals surface area contributed by atoms with E-state index in [4.69, 9.17) is 0 Å². The molecule has 0 radical (unpaired) electrons. The molecule has 2 N–H and O–H groups in total.